The van der Waals surface area contributed by atoms with Crippen LogP contribution in [0, 0.1) is 0 Å². The van der Waals surface area contributed by atoms with Crippen LogP contribution in [0.5, 0.6) is 5.75 Å². The maximum atomic E-state index is 11.0. The van der Waals surface area contributed by atoms with Gasteiger partial charge in [-0.3, -0.25) is 9.69 Å². The molecule has 0 bridgehead atoms. The Balaban J connectivity index is 1.84. The second kappa shape index (κ2) is 6.46. The Hall–Kier alpha value is -0.970. The van der Waals surface area contributed by atoms with E-state index in [1.807, 2.05) is 4.90 Å². The van der Waals surface area contributed by atoms with E-state index in [9.17, 15) is 4.79 Å². The molecule has 6 heteroatoms. The molecule has 1 atom stereocenters. The van der Waals surface area contributed by atoms with Gasteiger partial charge in [0.05, 0.1) is 5.02 Å². The summed E-state index contributed by atoms with van der Waals surface area (Å²) in [6, 6.07) is 4.65. The van der Waals surface area contributed by atoms with Crippen LogP contribution in [0.3, 0.4) is 0 Å². The van der Waals surface area contributed by atoms with Gasteiger partial charge in [-0.15, -0.1) is 0 Å². The van der Waals surface area contributed by atoms with Crippen molar-refractivity contribution in [3.8, 4) is 5.75 Å². The number of benzene rings is 1. The molecule has 0 saturated carbocycles. The molecule has 1 aromatic carbocycles. The zero-order chi connectivity index (χ0) is 13.8. The smallest absolute Gasteiger partial charge is 0.320 e. The van der Waals surface area contributed by atoms with Gasteiger partial charge in [-0.2, -0.15) is 0 Å². The Morgan fingerprint density at radius 1 is 1.47 bits per heavy atom. The van der Waals surface area contributed by atoms with Gasteiger partial charge in [-0.25, -0.2) is 0 Å². The summed E-state index contributed by atoms with van der Waals surface area (Å²) in [4.78, 5) is 12.9. The monoisotopic (exact) mass is 303 g/mol. The summed E-state index contributed by atoms with van der Waals surface area (Å²) in [5, 5.41) is 10.1. The van der Waals surface area contributed by atoms with E-state index in [1.165, 1.54) is 0 Å². The van der Waals surface area contributed by atoms with Crippen LogP contribution in [0.15, 0.2) is 18.2 Å². The molecule has 1 N–H and O–H groups in total. The molecule has 1 saturated heterocycles. The van der Waals surface area contributed by atoms with Crippen LogP contribution in [0.25, 0.3) is 0 Å². The van der Waals surface area contributed by atoms with Gasteiger partial charge >= 0.3 is 5.97 Å². The van der Waals surface area contributed by atoms with Crippen LogP contribution in [-0.2, 0) is 4.79 Å². The molecule has 1 heterocycles. The molecule has 2 rings (SSSR count). The van der Waals surface area contributed by atoms with E-state index in [0.717, 1.165) is 13.0 Å². The average molecular weight is 304 g/mol. The maximum Gasteiger partial charge on any atom is 0.320 e. The lowest BCUT2D eigenvalue weighted by molar-refractivity contribution is -0.142. The molecule has 1 aliphatic heterocycles. The Morgan fingerprint density at radius 3 is 2.95 bits per heavy atom. The Labute approximate surface area is 121 Å². The van der Waals surface area contributed by atoms with Crippen molar-refractivity contribution in [2.75, 3.05) is 19.7 Å². The lowest BCUT2D eigenvalue weighted by atomic mass is 10.2. The van der Waals surface area contributed by atoms with Crippen molar-refractivity contribution in [2.24, 2.45) is 0 Å². The van der Waals surface area contributed by atoms with Gasteiger partial charge in [0.1, 0.15) is 18.4 Å². The molecule has 1 aliphatic rings. The second-order valence-corrected chi connectivity index (χ2v) is 5.30. The zero-order valence-corrected chi connectivity index (χ0v) is 11.8. The third-order valence-electron chi connectivity index (χ3n) is 3.18. The predicted octanol–water partition coefficient (Wildman–Crippen LogP) is 2.92. The average Bonchev–Trinajstić information content (AvgIpc) is 2.80. The van der Waals surface area contributed by atoms with E-state index in [4.69, 9.17) is 33.0 Å². The van der Waals surface area contributed by atoms with Crippen molar-refractivity contribution >= 4 is 29.2 Å². The predicted molar refractivity (Wildman–Crippen MR) is 74.2 cm³/mol. The van der Waals surface area contributed by atoms with Crippen LogP contribution >= 0.6 is 23.2 Å². The van der Waals surface area contributed by atoms with Gasteiger partial charge in [-0.05, 0) is 37.6 Å². The van der Waals surface area contributed by atoms with Gasteiger partial charge in [0.2, 0.25) is 0 Å². The summed E-state index contributed by atoms with van der Waals surface area (Å²) in [7, 11) is 0. The fraction of sp³-hybridized carbons (Fsp3) is 0.462. The third kappa shape index (κ3) is 3.75. The van der Waals surface area contributed by atoms with Gasteiger partial charge in [-0.1, -0.05) is 23.2 Å². The van der Waals surface area contributed by atoms with Gasteiger partial charge in [0.25, 0.3) is 0 Å². The molecule has 19 heavy (non-hydrogen) atoms. The fourth-order valence-corrected chi connectivity index (χ4v) is 2.70. The first-order valence-corrected chi connectivity index (χ1v) is 6.88. The standard InChI is InChI=1S/C13H15Cl2NO3/c14-9-3-4-12(10(15)8-9)19-7-6-16-5-1-2-11(16)13(17)18/h3-4,8,11H,1-2,5-7H2,(H,17,18)/t11-/m0/s1. The van der Waals surface area contributed by atoms with E-state index in [-0.39, 0.29) is 6.04 Å². The molecule has 0 amide bonds. The van der Waals surface area contributed by atoms with Crippen molar-refractivity contribution in [3.05, 3.63) is 28.2 Å². The normalized spacial score (nSPS) is 19.6. The zero-order valence-electron chi connectivity index (χ0n) is 10.3. The number of likely N-dealkylation sites (tertiary alicyclic amines) is 1. The Morgan fingerprint density at radius 2 is 2.26 bits per heavy atom. The van der Waals surface area contributed by atoms with Crippen LogP contribution in [0.4, 0.5) is 0 Å². The number of carboxylic acid groups (broad SMARTS) is 1. The molecule has 0 spiro atoms. The largest absolute Gasteiger partial charge is 0.491 e. The highest BCUT2D eigenvalue weighted by Crippen LogP contribution is 2.27. The first-order chi connectivity index (χ1) is 9.08. The summed E-state index contributed by atoms with van der Waals surface area (Å²) >= 11 is 11.8. The number of carbonyl (C=O) groups is 1. The van der Waals surface area contributed by atoms with Crippen molar-refractivity contribution in [1.82, 2.24) is 4.90 Å². The topological polar surface area (TPSA) is 49.8 Å². The van der Waals surface area contributed by atoms with Gasteiger partial charge in [0, 0.05) is 11.6 Å². The Kier molecular flexibility index (Phi) is 4.91. The van der Waals surface area contributed by atoms with Crippen LogP contribution in [0.2, 0.25) is 10.0 Å². The van der Waals surface area contributed by atoms with E-state index < -0.39 is 5.97 Å². The summed E-state index contributed by atoms with van der Waals surface area (Å²) in [5.74, 6) is -0.195. The molecule has 4 nitrogen and oxygen atoms in total. The summed E-state index contributed by atoms with van der Waals surface area (Å²) < 4.78 is 5.56. The van der Waals surface area contributed by atoms with E-state index >= 15 is 0 Å². The molecule has 104 valence electrons. The van der Waals surface area contributed by atoms with Crippen LogP contribution in [-0.4, -0.2) is 41.7 Å². The number of hydrogen-bond acceptors (Lipinski definition) is 3. The molecule has 1 fully saturated rings. The van der Waals surface area contributed by atoms with Crippen molar-refractivity contribution in [1.29, 1.82) is 0 Å². The fourth-order valence-electron chi connectivity index (χ4n) is 2.24. The van der Waals surface area contributed by atoms with Crippen molar-refractivity contribution < 1.29 is 14.6 Å². The minimum absolute atomic E-state index is 0.385. The molecule has 0 unspecified atom stereocenters. The van der Waals surface area contributed by atoms with Gasteiger partial charge in [0.15, 0.2) is 0 Å². The quantitative estimate of drug-likeness (QED) is 0.908. The number of carboxylic acids is 1. The number of ether oxygens (including phenoxy) is 1. The number of halogens is 2. The number of aliphatic carboxylic acids is 1. The van der Waals surface area contributed by atoms with Crippen molar-refractivity contribution in [2.45, 2.75) is 18.9 Å². The van der Waals surface area contributed by atoms with Gasteiger partial charge < -0.3 is 9.84 Å². The lowest BCUT2D eigenvalue weighted by Crippen LogP contribution is -2.38. The second-order valence-electron chi connectivity index (χ2n) is 4.46. The number of nitrogens with zero attached hydrogens (tertiary/aromatic N) is 1. The lowest BCUT2D eigenvalue weighted by Gasteiger charge is -2.21. The molecular weight excluding hydrogens is 289 g/mol. The number of hydrogen-bond donors (Lipinski definition) is 1. The highest BCUT2D eigenvalue weighted by atomic mass is 35.5. The molecule has 0 aromatic heterocycles. The molecule has 0 aliphatic carbocycles. The highest BCUT2D eigenvalue weighted by molar-refractivity contribution is 6.35. The molecule has 1 aromatic rings. The number of rotatable bonds is 5. The molecule has 0 radical (unpaired) electrons. The summed E-state index contributed by atoms with van der Waals surface area (Å²) in [6.07, 6.45) is 1.62. The van der Waals surface area contributed by atoms with E-state index in [1.54, 1.807) is 18.2 Å². The van der Waals surface area contributed by atoms with Crippen molar-refractivity contribution in [3.63, 3.8) is 0 Å². The van der Waals surface area contributed by atoms with E-state index in [0.29, 0.717) is 35.4 Å². The summed E-state index contributed by atoms with van der Waals surface area (Å²) in [5.41, 5.74) is 0. The minimum atomic E-state index is -0.762. The molecular formula is C13H15Cl2NO3. The highest BCUT2D eigenvalue weighted by Gasteiger charge is 2.29. The first-order valence-electron chi connectivity index (χ1n) is 6.12. The first kappa shape index (κ1) is 14.4. The summed E-state index contributed by atoms with van der Waals surface area (Å²) in [6.45, 7) is 1.79. The minimum Gasteiger partial charge on any atom is -0.491 e. The van der Waals surface area contributed by atoms with E-state index in [2.05, 4.69) is 0 Å². The SMILES string of the molecule is O=C(O)[C@@H]1CCCN1CCOc1ccc(Cl)cc1Cl. The van der Waals surface area contributed by atoms with Crippen LogP contribution in [0.1, 0.15) is 12.8 Å². The van der Waals surface area contributed by atoms with Crippen LogP contribution < -0.4 is 4.74 Å². The Bertz CT molecular complexity index is 467. The third-order valence-corrected chi connectivity index (χ3v) is 3.71. The maximum absolute atomic E-state index is 11.0.